The monoisotopic (exact) mass is 230 g/mol. The van der Waals surface area contributed by atoms with Crippen molar-refractivity contribution in [1.82, 2.24) is 15.2 Å². The standard InChI is InChI=1S/C10H6N4O3/c1-16-10(15)9-14-13-8(17-9)7-3-2-6(4-11)5-12-7/h2-3,5H,1H3. The number of methoxy groups -OCH3 is 1. The molecule has 2 aromatic heterocycles. The molecule has 17 heavy (non-hydrogen) atoms. The topological polar surface area (TPSA) is 102 Å². The van der Waals surface area contributed by atoms with Crippen molar-refractivity contribution in [1.29, 1.82) is 5.26 Å². The highest BCUT2D eigenvalue weighted by atomic mass is 16.5. The SMILES string of the molecule is COC(=O)c1nnc(-c2ccc(C#N)cn2)o1. The summed E-state index contributed by atoms with van der Waals surface area (Å²) < 4.78 is 9.48. The normalized spacial score (nSPS) is 9.65. The number of hydrogen-bond acceptors (Lipinski definition) is 7. The van der Waals surface area contributed by atoms with Gasteiger partial charge in [-0.3, -0.25) is 0 Å². The number of esters is 1. The van der Waals surface area contributed by atoms with Crippen LogP contribution in [0.15, 0.2) is 22.7 Å². The number of carbonyl (C=O) groups is 1. The number of nitriles is 1. The van der Waals surface area contributed by atoms with Crippen molar-refractivity contribution in [3.05, 3.63) is 29.8 Å². The molecule has 0 bridgehead atoms. The second-order valence-corrected chi connectivity index (χ2v) is 2.95. The van der Waals surface area contributed by atoms with Crippen molar-refractivity contribution in [2.75, 3.05) is 7.11 Å². The Bertz CT molecular complexity index is 582. The first-order valence-electron chi connectivity index (χ1n) is 4.53. The average molecular weight is 230 g/mol. The van der Waals surface area contributed by atoms with Crippen molar-refractivity contribution in [2.24, 2.45) is 0 Å². The van der Waals surface area contributed by atoms with Crippen LogP contribution in [0.4, 0.5) is 0 Å². The van der Waals surface area contributed by atoms with Gasteiger partial charge in [-0.05, 0) is 12.1 Å². The third kappa shape index (κ3) is 2.10. The third-order valence-corrected chi connectivity index (χ3v) is 1.90. The number of aromatic nitrogens is 3. The van der Waals surface area contributed by atoms with Gasteiger partial charge in [0.1, 0.15) is 11.8 Å². The van der Waals surface area contributed by atoms with Crippen LogP contribution in [0.1, 0.15) is 16.2 Å². The molecule has 7 heteroatoms. The van der Waals surface area contributed by atoms with E-state index in [0.717, 1.165) is 0 Å². The summed E-state index contributed by atoms with van der Waals surface area (Å²) in [5, 5.41) is 15.8. The number of rotatable bonds is 2. The van der Waals surface area contributed by atoms with Crippen LogP contribution in [0.25, 0.3) is 11.6 Å². The molecule has 0 unspecified atom stereocenters. The van der Waals surface area contributed by atoms with E-state index in [4.69, 9.17) is 9.68 Å². The van der Waals surface area contributed by atoms with Gasteiger partial charge in [-0.15, -0.1) is 10.2 Å². The van der Waals surface area contributed by atoms with E-state index in [2.05, 4.69) is 19.9 Å². The molecule has 0 radical (unpaired) electrons. The second kappa shape index (κ2) is 4.40. The first kappa shape index (κ1) is 10.8. The summed E-state index contributed by atoms with van der Waals surface area (Å²) in [6.45, 7) is 0. The molecule has 0 N–H and O–H groups in total. The lowest BCUT2D eigenvalue weighted by Gasteiger charge is -1.93. The number of hydrogen-bond donors (Lipinski definition) is 0. The zero-order valence-corrected chi connectivity index (χ0v) is 8.75. The maximum absolute atomic E-state index is 11.1. The summed E-state index contributed by atoms with van der Waals surface area (Å²) in [6, 6.07) is 5.04. The zero-order chi connectivity index (χ0) is 12.3. The molecular weight excluding hydrogens is 224 g/mol. The molecule has 0 amide bonds. The summed E-state index contributed by atoms with van der Waals surface area (Å²) >= 11 is 0. The van der Waals surface area contributed by atoms with Gasteiger partial charge >= 0.3 is 11.9 Å². The summed E-state index contributed by atoms with van der Waals surface area (Å²) in [5.41, 5.74) is 0.799. The Balaban J connectivity index is 2.31. The second-order valence-electron chi connectivity index (χ2n) is 2.95. The van der Waals surface area contributed by atoms with Crippen LogP contribution in [0.3, 0.4) is 0 Å². The minimum Gasteiger partial charge on any atom is -0.462 e. The fraction of sp³-hybridized carbons (Fsp3) is 0.100. The van der Waals surface area contributed by atoms with Crippen LogP contribution in [0.5, 0.6) is 0 Å². The maximum atomic E-state index is 11.1. The lowest BCUT2D eigenvalue weighted by Crippen LogP contribution is -2.00. The summed E-state index contributed by atoms with van der Waals surface area (Å²) in [6.07, 6.45) is 1.37. The molecule has 0 aliphatic carbocycles. The molecule has 0 aromatic carbocycles. The fourth-order valence-electron chi connectivity index (χ4n) is 1.08. The quantitative estimate of drug-likeness (QED) is 0.702. The first-order chi connectivity index (χ1) is 8.24. The highest BCUT2D eigenvalue weighted by Gasteiger charge is 2.16. The van der Waals surface area contributed by atoms with E-state index >= 15 is 0 Å². The minimum absolute atomic E-state index is 0.0925. The molecule has 0 spiro atoms. The Morgan fingerprint density at radius 3 is 2.88 bits per heavy atom. The molecular formula is C10H6N4O3. The minimum atomic E-state index is -0.711. The smallest absolute Gasteiger partial charge is 0.396 e. The average Bonchev–Trinajstić information content (AvgIpc) is 2.87. The Morgan fingerprint density at radius 1 is 1.47 bits per heavy atom. The van der Waals surface area contributed by atoms with Crippen LogP contribution < -0.4 is 0 Å². The van der Waals surface area contributed by atoms with Gasteiger partial charge in [0.05, 0.1) is 12.7 Å². The molecule has 0 aliphatic heterocycles. The molecule has 84 valence electrons. The van der Waals surface area contributed by atoms with E-state index in [1.165, 1.54) is 13.3 Å². The van der Waals surface area contributed by atoms with Gasteiger partial charge in [0.2, 0.25) is 0 Å². The van der Waals surface area contributed by atoms with Crippen LogP contribution in [0.2, 0.25) is 0 Å². The van der Waals surface area contributed by atoms with E-state index in [1.807, 2.05) is 6.07 Å². The van der Waals surface area contributed by atoms with Gasteiger partial charge in [0, 0.05) is 6.20 Å². The largest absolute Gasteiger partial charge is 0.462 e. The van der Waals surface area contributed by atoms with Gasteiger partial charge in [-0.2, -0.15) is 5.26 Å². The van der Waals surface area contributed by atoms with Crippen molar-refractivity contribution in [2.45, 2.75) is 0 Å². The maximum Gasteiger partial charge on any atom is 0.396 e. The number of ether oxygens (including phenoxy) is 1. The molecule has 2 aromatic rings. The Morgan fingerprint density at radius 2 is 2.29 bits per heavy atom. The lowest BCUT2D eigenvalue weighted by atomic mass is 10.3. The van der Waals surface area contributed by atoms with Crippen LogP contribution >= 0.6 is 0 Å². The first-order valence-corrected chi connectivity index (χ1v) is 4.53. The van der Waals surface area contributed by atoms with E-state index in [9.17, 15) is 4.79 Å². The van der Waals surface area contributed by atoms with Crippen molar-refractivity contribution >= 4 is 5.97 Å². The zero-order valence-electron chi connectivity index (χ0n) is 8.75. The molecule has 0 atom stereocenters. The fourth-order valence-corrected chi connectivity index (χ4v) is 1.08. The van der Waals surface area contributed by atoms with Crippen molar-refractivity contribution < 1.29 is 13.9 Å². The van der Waals surface area contributed by atoms with Gasteiger partial charge in [-0.25, -0.2) is 9.78 Å². The predicted octanol–water partition coefficient (Wildman–Crippen LogP) is 0.790. The molecule has 0 saturated heterocycles. The van der Waals surface area contributed by atoms with Gasteiger partial charge in [-0.1, -0.05) is 0 Å². The van der Waals surface area contributed by atoms with Crippen LogP contribution in [0, 0.1) is 11.3 Å². The molecule has 0 fully saturated rings. The van der Waals surface area contributed by atoms with Crippen LogP contribution in [-0.2, 0) is 4.74 Å². The van der Waals surface area contributed by atoms with E-state index in [0.29, 0.717) is 11.3 Å². The van der Waals surface area contributed by atoms with Gasteiger partial charge in [0.25, 0.3) is 5.89 Å². The predicted molar refractivity (Wildman–Crippen MR) is 53.6 cm³/mol. The third-order valence-electron chi connectivity index (χ3n) is 1.90. The molecule has 2 rings (SSSR count). The molecule has 0 saturated carbocycles. The van der Waals surface area contributed by atoms with E-state index < -0.39 is 5.97 Å². The van der Waals surface area contributed by atoms with Gasteiger partial charge < -0.3 is 9.15 Å². The summed E-state index contributed by atoms with van der Waals surface area (Å²) in [4.78, 5) is 15.0. The van der Waals surface area contributed by atoms with E-state index in [1.54, 1.807) is 12.1 Å². The number of nitrogens with zero attached hydrogens (tertiary/aromatic N) is 4. The van der Waals surface area contributed by atoms with Crippen molar-refractivity contribution in [3.8, 4) is 17.7 Å². The Kier molecular flexibility index (Phi) is 2.79. The van der Waals surface area contributed by atoms with E-state index in [-0.39, 0.29) is 11.8 Å². The molecule has 0 aliphatic rings. The van der Waals surface area contributed by atoms with Gasteiger partial charge in [0.15, 0.2) is 0 Å². The Hall–Kier alpha value is -2.75. The Labute approximate surface area is 95.7 Å². The van der Waals surface area contributed by atoms with Crippen LogP contribution in [-0.4, -0.2) is 28.3 Å². The molecule has 7 nitrogen and oxygen atoms in total. The summed E-state index contributed by atoms with van der Waals surface area (Å²) in [5.74, 6) is -0.860. The van der Waals surface area contributed by atoms with Crippen molar-refractivity contribution in [3.63, 3.8) is 0 Å². The molecule has 2 heterocycles. The lowest BCUT2D eigenvalue weighted by molar-refractivity contribution is 0.0556. The number of carbonyl (C=O) groups excluding carboxylic acids is 1. The summed E-state index contributed by atoms with van der Waals surface area (Å²) in [7, 11) is 1.21. The highest BCUT2D eigenvalue weighted by molar-refractivity contribution is 5.84. The number of pyridine rings is 1. The highest BCUT2D eigenvalue weighted by Crippen LogP contribution is 2.15.